The van der Waals surface area contributed by atoms with Crippen LogP contribution in [-0.4, -0.2) is 26.1 Å². The van der Waals surface area contributed by atoms with Gasteiger partial charge in [0, 0.05) is 35.9 Å². The molecule has 4 rings (SSSR count). The molecule has 36 heavy (non-hydrogen) atoms. The van der Waals surface area contributed by atoms with Gasteiger partial charge in [0.15, 0.2) is 0 Å². The normalized spacial score (nSPS) is 22.2. The molecule has 196 valence electrons. The molecule has 2 aromatic rings. The van der Waals surface area contributed by atoms with E-state index in [2.05, 4.69) is 4.98 Å². The van der Waals surface area contributed by atoms with Crippen molar-refractivity contribution in [3.05, 3.63) is 63.7 Å². The average molecular weight is 511 g/mol. The van der Waals surface area contributed by atoms with Crippen LogP contribution in [0.3, 0.4) is 0 Å². The first kappa shape index (κ1) is 26.7. The summed E-state index contributed by atoms with van der Waals surface area (Å²) >= 11 is 0. The van der Waals surface area contributed by atoms with Crippen molar-refractivity contribution >= 4 is 5.57 Å². The predicted molar refractivity (Wildman–Crippen MR) is 125 cm³/mol. The standard InChI is InChI=1S/C27H31F5N2O2/c1-14(2)23-22(24(36)17-6-5-16(13-33-17)27(30,31)32)20(15-7-9-26(28,29)10-8-15)21-18(34-23)11-25(3,4)12-19(21)35/h5-7,13-14,19,24,35-36H,8-12H2,1-4H3/t19-,24+/m0/s1. The van der Waals surface area contributed by atoms with Crippen LogP contribution in [0.5, 0.6) is 0 Å². The lowest BCUT2D eigenvalue weighted by atomic mass is 9.70. The number of aliphatic hydroxyl groups is 2. The Hall–Kier alpha value is -2.39. The molecular formula is C27H31F5N2O2. The minimum Gasteiger partial charge on any atom is -0.388 e. The van der Waals surface area contributed by atoms with Crippen LogP contribution in [0.15, 0.2) is 24.4 Å². The fraction of sp³-hybridized carbons (Fsp3) is 0.556. The largest absolute Gasteiger partial charge is 0.417 e. The molecule has 0 aliphatic heterocycles. The Bertz CT molecular complexity index is 1170. The number of halogens is 5. The zero-order valence-corrected chi connectivity index (χ0v) is 20.8. The number of nitrogens with zero attached hydrogens (tertiary/aromatic N) is 2. The fourth-order valence-electron chi connectivity index (χ4n) is 5.29. The maximum Gasteiger partial charge on any atom is 0.417 e. The number of rotatable bonds is 4. The predicted octanol–water partition coefficient (Wildman–Crippen LogP) is 6.91. The van der Waals surface area contributed by atoms with Gasteiger partial charge >= 0.3 is 6.18 Å². The van der Waals surface area contributed by atoms with E-state index >= 15 is 0 Å². The fourth-order valence-corrected chi connectivity index (χ4v) is 5.29. The van der Waals surface area contributed by atoms with Gasteiger partial charge < -0.3 is 10.2 Å². The summed E-state index contributed by atoms with van der Waals surface area (Å²) in [6.07, 6.45) is -4.66. The summed E-state index contributed by atoms with van der Waals surface area (Å²) in [5.74, 6) is -3.03. The van der Waals surface area contributed by atoms with Gasteiger partial charge in [0.05, 0.1) is 23.1 Å². The van der Waals surface area contributed by atoms with E-state index < -0.39 is 36.3 Å². The van der Waals surface area contributed by atoms with Crippen LogP contribution >= 0.6 is 0 Å². The van der Waals surface area contributed by atoms with Crippen molar-refractivity contribution < 1.29 is 32.2 Å². The van der Waals surface area contributed by atoms with Gasteiger partial charge in [0.2, 0.25) is 0 Å². The van der Waals surface area contributed by atoms with Gasteiger partial charge in [-0.15, -0.1) is 0 Å². The number of alkyl halides is 5. The Morgan fingerprint density at radius 3 is 2.36 bits per heavy atom. The number of aromatic nitrogens is 2. The second-order valence-corrected chi connectivity index (χ2v) is 11.0. The second kappa shape index (κ2) is 9.17. The highest BCUT2D eigenvalue weighted by atomic mass is 19.4. The molecule has 0 fully saturated rings. The van der Waals surface area contributed by atoms with Crippen molar-refractivity contribution in [1.82, 2.24) is 9.97 Å². The Morgan fingerprint density at radius 1 is 1.14 bits per heavy atom. The molecular weight excluding hydrogens is 479 g/mol. The first-order chi connectivity index (χ1) is 16.6. The zero-order chi connectivity index (χ0) is 26.6. The SMILES string of the molecule is CC(C)c1nc2c(c(C3=CCC(F)(F)CC3)c1[C@H](O)c1ccc(C(F)(F)F)cn1)[C@@H](O)CC(C)(C)C2. The highest BCUT2D eigenvalue weighted by molar-refractivity contribution is 5.75. The third-order valence-electron chi connectivity index (χ3n) is 7.05. The molecule has 9 heteroatoms. The lowest BCUT2D eigenvalue weighted by Crippen LogP contribution is -2.30. The molecule has 4 nitrogen and oxygen atoms in total. The number of hydrogen-bond donors (Lipinski definition) is 2. The first-order valence-corrected chi connectivity index (χ1v) is 12.1. The van der Waals surface area contributed by atoms with E-state index in [1.165, 1.54) is 6.08 Å². The molecule has 2 atom stereocenters. The number of hydrogen-bond acceptors (Lipinski definition) is 4. The van der Waals surface area contributed by atoms with Crippen molar-refractivity contribution in [2.75, 3.05) is 0 Å². The molecule has 0 unspecified atom stereocenters. The highest BCUT2D eigenvalue weighted by Crippen LogP contribution is 2.49. The van der Waals surface area contributed by atoms with Crippen molar-refractivity contribution in [3.8, 4) is 0 Å². The molecule has 2 aliphatic rings. The molecule has 0 bridgehead atoms. The summed E-state index contributed by atoms with van der Waals surface area (Å²) in [4.78, 5) is 8.73. The van der Waals surface area contributed by atoms with E-state index in [4.69, 9.17) is 4.98 Å². The van der Waals surface area contributed by atoms with Crippen molar-refractivity contribution in [2.45, 2.75) is 90.0 Å². The first-order valence-electron chi connectivity index (χ1n) is 12.1. The van der Waals surface area contributed by atoms with Gasteiger partial charge in [-0.05, 0) is 53.9 Å². The van der Waals surface area contributed by atoms with Gasteiger partial charge in [0.1, 0.15) is 6.10 Å². The van der Waals surface area contributed by atoms with Gasteiger partial charge in [0.25, 0.3) is 5.92 Å². The molecule has 0 aromatic carbocycles. The summed E-state index contributed by atoms with van der Waals surface area (Å²) in [5.41, 5.74) is 1.86. The van der Waals surface area contributed by atoms with E-state index in [1.807, 2.05) is 27.7 Å². The van der Waals surface area contributed by atoms with Crippen LogP contribution in [0.4, 0.5) is 22.0 Å². The maximum absolute atomic E-state index is 14.0. The van der Waals surface area contributed by atoms with Gasteiger partial charge in [-0.25, -0.2) is 8.78 Å². The molecule has 2 aromatic heterocycles. The summed E-state index contributed by atoms with van der Waals surface area (Å²) in [5, 5.41) is 22.7. The van der Waals surface area contributed by atoms with Crippen LogP contribution in [0.2, 0.25) is 0 Å². The lowest BCUT2D eigenvalue weighted by Gasteiger charge is -2.38. The van der Waals surface area contributed by atoms with E-state index in [9.17, 15) is 32.2 Å². The summed E-state index contributed by atoms with van der Waals surface area (Å²) in [6, 6.07) is 1.97. The molecule has 2 heterocycles. The average Bonchev–Trinajstić information content (AvgIpc) is 2.76. The third kappa shape index (κ3) is 5.18. The van der Waals surface area contributed by atoms with Crippen LogP contribution < -0.4 is 0 Å². The van der Waals surface area contributed by atoms with Gasteiger partial charge in [-0.3, -0.25) is 9.97 Å². The Kier molecular flexibility index (Phi) is 6.79. The molecule has 0 spiro atoms. The van der Waals surface area contributed by atoms with Crippen molar-refractivity contribution in [1.29, 1.82) is 0 Å². The highest BCUT2D eigenvalue weighted by Gasteiger charge is 2.40. The molecule has 2 aliphatic carbocycles. The lowest BCUT2D eigenvalue weighted by molar-refractivity contribution is -0.137. The smallest absolute Gasteiger partial charge is 0.388 e. The summed E-state index contributed by atoms with van der Waals surface area (Å²) in [6.45, 7) is 7.79. The quantitative estimate of drug-likeness (QED) is 0.439. The molecule has 0 saturated heterocycles. The Labute approximate surface area is 207 Å². The monoisotopic (exact) mass is 510 g/mol. The number of pyridine rings is 2. The molecule has 0 radical (unpaired) electrons. The van der Waals surface area contributed by atoms with E-state index in [0.717, 1.165) is 12.1 Å². The molecule has 0 amide bonds. The van der Waals surface area contributed by atoms with Crippen LogP contribution in [0.1, 0.15) is 111 Å². The minimum absolute atomic E-state index is 0.0136. The van der Waals surface area contributed by atoms with Crippen LogP contribution in [0, 0.1) is 5.41 Å². The van der Waals surface area contributed by atoms with Crippen molar-refractivity contribution in [2.24, 2.45) is 5.41 Å². The molecule has 0 saturated carbocycles. The maximum atomic E-state index is 14.0. The third-order valence-corrected chi connectivity index (χ3v) is 7.05. The number of fused-ring (bicyclic) bond motifs is 1. The van der Waals surface area contributed by atoms with Gasteiger partial charge in [-0.2, -0.15) is 13.2 Å². The van der Waals surface area contributed by atoms with Crippen LogP contribution in [-0.2, 0) is 12.6 Å². The van der Waals surface area contributed by atoms with E-state index in [1.54, 1.807) is 0 Å². The second-order valence-electron chi connectivity index (χ2n) is 11.0. The van der Waals surface area contributed by atoms with E-state index in [0.29, 0.717) is 52.7 Å². The minimum atomic E-state index is -4.58. The topological polar surface area (TPSA) is 66.2 Å². The van der Waals surface area contributed by atoms with Gasteiger partial charge in [-0.1, -0.05) is 33.8 Å². The number of allylic oxidation sites excluding steroid dienone is 2. The van der Waals surface area contributed by atoms with E-state index in [-0.39, 0.29) is 29.9 Å². The Balaban J connectivity index is 1.96. The van der Waals surface area contributed by atoms with Crippen LogP contribution in [0.25, 0.3) is 5.57 Å². The Morgan fingerprint density at radius 2 is 1.83 bits per heavy atom. The molecule has 2 N–H and O–H groups in total. The zero-order valence-electron chi connectivity index (χ0n) is 20.8. The van der Waals surface area contributed by atoms with Crippen molar-refractivity contribution in [3.63, 3.8) is 0 Å². The summed E-state index contributed by atoms with van der Waals surface area (Å²) in [7, 11) is 0. The number of aliphatic hydroxyl groups excluding tert-OH is 2. The summed E-state index contributed by atoms with van der Waals surface area (Å²) < 4.78 is 67.2.